The third-order valence-electron chi connectivity index (χ3n) is 5.63. The van der Waals surface area contributed by atoms with E-state index in [-0.39, 0.29) is 6.10 Å². The van der Waals surface area contributed by atoms with Crippen LogP contribution in [0.5, 0.6) is 0 Å². The Bertz CT molecular complexity index is 298. The fourth-order valence-corrected chi connectivity index (χ4v) is 4.29. The van der Waals surface area contributed by atoms with E-state index in [2.05, 4.69) is 21.7 Å². The van der Waals surface area contributed by atoms with Crippen molar-refractivity contribution in [1.82, 2.24) is 14.7 Å². The van der Waals surface area contributed by atoms with Crippen LogP contribution < -0.4 is 0 Å². The Hall–Kier alpha value is -0.160. The van der Waals surface area contributed by atoms with Gasteiger partial charge in [0.05, 0.1) is 6.10 Å². The molecule has 3 rings (SSSR count). The van der Waals surface area contributed by atoms with Crippen LogP contribution in [-0.2, 0) is 0 Å². The highest BCUT2D eigenvalue weighted by Crippen LogP contribution is 2.27. The Morgan fingerprint density at radius 1 is 0.950 bits per heavy atom. The highest BCUT2D eigenvalue weighted by Gasteiger charge is 2.34. The lowest BCUT2D eigenvalue weighted by molar-refractivity contribution is -0.0295. The van der Waals surface area contributed by atoms with Crippen molar-refractivity contribution >= 4 is 0 Å². The van der Waals surface area contributed by atoms with E-state index < -0.39 is 0 Å². The molecule has 116 valence electrons. The second-order valence-corrected chi connectivity index (χ2v) is 7.17. The summed E-state index contributed by atoms with van der Waals surface area (Å²) in [5.74, 6) is 0.905. The molecule has 2 heterocycles. The van der Waals surface area contributed by atoms with Crippen LogP contribution in [-0.4, -0.2) is 84.8 Å². The lowest BCUT2D eigenvalue weighted by Gasteiger charge is -2.45. The van der Waals surface area contributed by atoms with Crippen molar-refractivity contribution in [3.63, 3.8) is 0 Å². The number of aliphatic hydroxyl groups is 1. The van der Waals surface area contributed by atoms with Gasteiger partial charge in [0.25, 0.3) is 0 Å². The average molecular weight is 281 g/mol. The maximum Gasteiger partial charge on any atom is 0.0822 e. The van der Waals surface area contributed by atoms with Gasteiger partial charge in [-0.2, -0.15) is 0 Å². The molecule has 0 amide bonds. The van der Waals surface area contributed by atoms with E-state index in [1.54, 1.807) is 0 Å². The van der Waals surface area contributed by atoms with Crippen LogP contribution >= 0.6 is 0 Å². The number of likely N-dealkylation sites (tertiary alicyclic amines) is 1. The quantitative estimate of drug-likeness (QED) is 0.831. The summed E-state index contributed by atoms with van der Waals surface area (Å²) in [7, 11) is 2.19. The normalized spacial score (nSPS) is 35.7. The van der Waals surface area contributed by atoms with Gasteiger partial charge in [-0.25, -0.2) is 0 Å². The molecule has 0 bridgehead atoms. The molecule has 1 saturated carbocycles. The summed E-state index contributed by atoms with van der Waals surface area (Å²) in [5, 5.41) is 10.5. The van der Waals surface area contributed by atoms with Crippen LogP contribution in [0.3, 0.4) is 0 Å². The van der Waals surface area contributed by atoms with Crippen LogP contribution in [0.25, 0.3) is 0 Å². The molecule has 2 saturated heterocycles. The first-order valence-corrected chi connectivity index (χ1v) is 8.55. The number of hydrogen-bond donors (Lipinski definition) is 1. The molecular weight excluding hydrogens is 250 g/mol. The summed E-state index contributed by atoms with van der Waals surface area (Å²) >= 11 is 0. The van der Waals surface area contributed by atoms with Crippen molar-refractivity contribution in [2.45, 2.75) is 44.2 Å². The molecule has 0 aromatic carbocycles. The molecule has 2 aliphatic heterocycles. The number of piperidine rings is 1. The third kappa shape index (κ3) is 3.53. The van der Waals surface area contributed by atoms with Crippen LogP contribution in [0.1, 0.15) is 32.1 Å². The van der Waals surface area contributed by atoms with Gasteiger partial charge in [-0.1, -0.05) is 12.8 Å². The van der Waals surface area contributed by atoms with E-state index in [1.165, 1.54) is 38.8 Å². The fraction of sp³-hybridized carbons (Fsp3) is 1.00. The summed E-state index contributed by atoms with van der Waals surface area (Å²) in [6.45, 7) is 7.86. The Labute approximate surface area is 123 Å². The van der Waals surface area contributed by atoms with Crippen molar-refractivity contribution in [3.8, 4) is 0 Å². The molecular formula is C16H31N3O. The molecule has 1 N–H and O–H groups in total. The van der Waals surface area contributed by atoms with Crippen molar-refractivity contribution in [1.29, 1.82) is 0 Å². The Kier molecular flexibility index (Phi) is 4.97. The molecule has 0 unspecified atom stereocenters. The number of nitrogens with zero attached hydrogens (tertiary/aromatic N) is 3. The van der Waals surface area contributed by atoms with E-state index in [0.717, 1.165) is 45.1 Å². The van der Waals surface area contributed by atoms with E-state index in [9.17, 15) is 5.11 Å². The lowest BCUT2D eigenvalue weighted by Crippen LogP contribution is -2.58. The fourth-order valence-electron chi connectivity index (χ4n) is 4.29. The molecule has 2 atom stereocenters. The molecule has 4 heteroatoms. The molecule has 0 aromatic heterocycles. The van der Waals surface area contributed by atoms with Gasteiger partial charge in [0.2, 0.25) is 0 Å². The first-order valence-electron chi connectivity index (χ1n) is 8.55. The molecule has 1 aliphatic carbocycles. The molecule has 0 spiro atoms. The summed E-state index contributed by atoms with van der Waals surface area (Å²) in [5.41, 5.74) is 0. The standard InChI is InChI=1S/C16H31N3O/c1-17-8-10-19(11-9-17)15-6-7-18(13-16(15)20)12-14-4-2-3-5-14/h14-16,20H,2-13H2,1H3/t15-,16-/m1/s1. The molecule has 20 heavy (non-hydrogen) atoms. The van der Waals surface area contributed by atoms with Crippen LogP contribution in [0.2, 0.25) is 0 Å². The Balaban J connectivity index is 1.46. The number of β-amino-alcohol motifs (C(OH)–C–C–N with tert-alkyl or cyclic N) is 1. The highest BCUT2D eigenvalue weighted by molar-refractivity contribution is 4.89. The predicted octanol–water partition coefficient (Wildman–Crippen LogP) is 0.859. The minimum atomic E-state index is -0.145. The van der Waals surface area contributed by atoms with Gasteiger partial charge in [0, 0.05) is 45.3 Å². The monoisotopic (exact) mass is 281 g/mol. The maximum absolute atomic E-state index is 10.5. The number of likely N-dealkylation sites (N-methyl/N-ethyl adjacent to an activating group) is 1. The maximum atomic E-state index is 10.5. The summed E-state index contributed by atoms with van der Waals surface area (Å²) in [4.78, 5) is 7.43. The number of rotatable bonds is 3. The van der Waals surface area contributed by atoms with E-state index >= 15 is 0 Å². The largest absolute Gasteiger partial charge is 0.390 e. The summed E-state index contributed by atoms with van der Waals surface area (Å²) in [6.07, 6.45) is 6.67. The van der Waals surface area contributed by atoms with Crippen molar-refractivity contribution in [2.24, 2.45) is 5.92 Å². The first-order chi connectivity index (χ1) is 9.72. The highest BCUT2D eigenvalue weighted by atomic mass is 16.3. The third-order valence-corrected chi connectivity index (χ3v) is 5.63. The minimum absolute atomic E-state index is 0.145. The van der Waals surface area contributed by atoms with E-state index in [1.807, 2.05) is 0 Å². The van der Waals surface area contributed by atoms with E-state index in [4.69, 9.17) is 0 Å². The van der Waals surface area contributed by atoms with Gasteiger partial charge >= 0.3 is 0 Å². The zero-order chi connectivity index (χ0) is 13.9. The number of aliphatic hydroxyl groups excluding tert-OH is 1. The van der Waals surface area contributed by atoms with Crippen LogP contribution in [0, 0.1) is 5.92 Å². The van der Waals surface area contributed by atoms with Gasteiger partial charge in [0.1, 0.15) is 0 Å². The smallest absolute Gasteiger partial charge is 0.0822 e. The molecule has 0 aromatic rings. The second kappa shape index (κ2) is 6.73. The summed E-state index contributed by atoms with van der Waals surface area (Å²) < 4.78 is 0. The van der Waals surface area contributed by atoms with Crippen molar-refractivity contribution in [3.05, 3.63) is 0 Å². The molecule has 4 nitrogen and oxygen atoms in total. The topological polar surface area (TPSA) is 30.0 Å². The van der Waals surface area contributed by atoms with Gasteiger partial charge in [0.15, 0.2) is 0 Å². The molecule has 3 fully saturated rings. The lowest BCUT2D eigenvalue weighted by atomic mass is 9.97. The van der Waals surface area contributed by atoms with Crippen molar-refractivity contribution < 1.29 is 5.11 Å². The average Bonchev–Trinajstić information content (AvgIpc) is 2.93. The van der Waals surface area contributed by atoms with Gasteiger partial charge in [-0.15, -0.1) is 0 Å². The summed E-state index contributed by atoms with van der Waals surface area (Å²) in [6, 6.07) is 0.406. The number of hydrogen-bond acceptors (Lipinski definition) is 4. The predicted molar refractivity (Wildman–Crippen MR) is 81.9 cm³/mol. The Morgan fingerprint density at radius 3 is 2.30 bits per heavy atom. The second-order valence-electron chi connectivity index (χ2n) is 7.17. The van der Waals surface area contributed by atoms with Gasteiger partial charge in [-0.05, 0) is 38.8 Å². The van der Waals surface area contributed by atoms with Gasteiger partial charge in [-0.3, -0.25) is 4.90 Å². The SMILES string of the molecule is CN1CCN([C@@H]2CCN(CC3CCCC3)C[C@H]2O)CC1. The minimum Gasteiger partial charge on any atom is -0.390 e. The van der Waals surface area contributed by atoms with Crippen LogP contribution in [0.4, 0.5) is 0 Å². The molecule has 3 aliphatic rings. The van der Waals surface area contributed by atoms with Crippen molar-refractivity contribution in [2.75, 3.05) is 52.9 Å². The van der Waals surface area contributed by atoms with Gasteiger partial charge < -0.3 is 14.9 Å². The number of piperazine rings is 1. The van der Waals surface area contributed by atoms with Crippen LogP contribution in [0.15, 0.2) is 0 Å². The molecule has 0 radical (unpaired) electrons. The zero-order valence-electron chi connectivity index (χ0n) is 13.0. The Morgan fingerprint density at radius 2 is 1.65 bits per heavy atom. The van der Waals surface area contributed by atoms with E-state index in [0.29, 0.717) is 6.04 Å². The first kappa shape index (κ1) is 14.8. The zero-order valence-corrected chi connectivity index (χ0v) is 13.0.